The largest absolute Gasteiger partial charge is 0.353 e. The molecule has 2 heterocycles. The van der Waals surface area contributed by atoms with Crippen LogP contribution >= 0.6 is 11.3 Å². The Hall–Kier alpha value is -2.36. The molecule has 234 valence electrons. The van der Waals surface area contributed by atoms with Crippen molar-refractivity contribution in [3.05, 3.63) is 41.4 Å². The van der Waals surface area contributed by atoms with Gasteiger partial charge in [0.1, 0.15) is 0 Å². The maximum absolute atomic E-state index is 13.6. The predicted octanol–water partition coefficient (Wildman–Crippen LogP) is 3.69. The van der Waals surface area contributed by atoms with Crippen LogP contribution in [0.2, 0.25) is 0 Å². The number of sulfonamides is 2. The zero-order chi connectivity index (χ0) is 30.5. The molecule has 1 atom stereocenters. The van der Waals surface area contributed by atoms with Crippen molar-refractivity contribution < 1.29 is 30.4 Å². The molecule has 1 saturated heterocycles. The van der Waals surface area contributed by atoms with Gasteiger partial charge in [-0.05, 0) is 50.7 Å². The predicted molar refractivity (Wildman–Crippen MR) is 161 cm³/mol. The molecule has 42 heavy (non-hydrogen) atoms. The van der Waals surface area contributed by atoms with Crippen LogP contribution in [0.5, 0.6) is 0 Å². The summed E-state index contributed by atoms with van der Waals surface area (Å²) in [6.45, 7) is 3.56. The first-order valence-electron chi connectivity index (χ1n) is 14.1. The van der Waals surface area contributed by atoms with Crippen LogP contribution in [0.1, 0.15) is 51.1 Å². The van der Waals surface area contributed by atoms with E-state index in [9.17, 15) is 30.4 Å². The van der Waals surface area contributed by atoms with Gasteiger partial charge in [0.05, 0.1) is 29.8 Å². The maximum Gasteiger partial charge on any atom is 0.248 e. The molecule has 2 aromatic rings. The minimum Gasteiger partial charge on any atom is -0.353 e. The van der Waals surface area contributed by atoms with E-state index in [-0.39, 0.29) is 73.4 Å². The number of carbonyl (C=O) groups excluding carboxylic acids is 1. The van der Waals surface area contributed by atoms with Crippen molar-refractivity contribution in [2.45, 2.75) is 69.9 Å². The third-order valence-electron chi connectivity index (χ3n) is 7.78. The Morgan fingerprint density at radius 2 is 1.76 bits per heavy atom. The summed E-state index contributed by atoms with van der Waals surface area (Å²) in [5.74, 6) is -3.34. The summed E-state index contributed by atoms with van der Waals surface area (Å²) in [5.41, 5.74) is 1.04. The van der Waals surface area contributed by atoms with Crippen LogP contribution in [0.4, 0.5) is 19.6 Å². The number of hydrogen-bond donors (Lipinski definition) is 2. The molecule has 1 aliphatic heterocycles. The average Bonchev–Trinajstić information content (AvgIpc) is 3.33. The Balaban J connectivity index is 1.30. The van der Waals surface area contributed by atoms with E-state index in [1.165, 1.54) is 4.31 Å². The SMILES string of the molecule is C[C@H](CN(c1ccccc1)S(=O)(=O)CC1CCC(F)(F)CC1)N1CCC(NC(=O)Cc2csc(NS(C)(=O)=O)n2)CC1. The highest BCUT2D eigenvalue weighted by Crippen LogP contribution is 2.37. The molecular weight excluding hydrogens is 609 g/mol. The number of hydrogen-bond acceptors (Lipinski definition) is 8. The first kappa shape index (κ1) is 32.6. The second kappa shape index (κ2) is 13.5. The molecule has 1 saturated carbocycles. The van der Waals surface area contributed by atoms with Crippen molar-refractivity contribution in [2.75, 3.05) is 40.7 Å². The Bertz CT molecular complexity index is 1400. The number of likely N-dealkylation sites (tertiary alicyclic amines) is 1. The zero-order valence-electron chi connectivity index (χ0n) is 23.8. The number of halogens is 2. The summed E-state index contributed by atoms with van der Waals surface area (Å²) in [5, 5.41) is 4.89. The van der Waals surface area contributed by atoms with Crippen LogP contribution in [0.3, 0.4) is 0 Å². The summed E-state index contributed by atoms with van der Waals surface area (Å²) in [4.78, 5) is 18.9. The Labute approximate surface area is 251 Å². The molecule has 0 spiro atoms. The minimum atomic E-state index is -3.75. The fourth-order valence-corrected chi connectivity index (χ4v) is 9.06. The van der Waals surface area contributed by atoms with Crippen LogP contribution < -0.4 is 14.3 Å². The number of rotatable bonds is 12. The van der Waals surface area contributed by atoms with Gasteiger partial charge < -0.3 is 5.32 Å². The molecule has 4 rings (SSSR count). The van der Waals surface area contributed by atoms with Crippen molar-refractivity contribution in [1.82, 2.24) is 15.2 Å². The number of nitrogens with one attached hydrogen (secondary N) is 2. The fraction of sp³-hybridized carbons (Fsp3) is 0.630. The van der Waals surface area contributed by atoms with Gasteiger partial charge in [-0.15, -0.1) is 11.3 Å². The van der Waals surface area contributed by atoms with Crippen molar-refractivity contribution in [3.8, 4) is 0 Å². The second-order valence-electron chi connectivity index (χ2n) is 11.4. The third-order valence-corrected chi connectivity index (χ3v) is 11.2. The number of piperidine rings is 1. The number of nitrogens with zero attached hydrogens (tertiary/aromatic N) is 3. The molecule has 1 aromatic heterocycles. The number of benzene rings is 1. The molecule has 1 aromatic carbocycles. The molecular formula is C27H39F2N5O5S3. The van der Waals surface area contributed by atoms with Crippen molar-refractivity contribution in [3.63, 3.8) is 0 Å². The highest BCUT2D eigenvalue weighted by Gasteiger charge is 2.38. The minimum absolute atomic E-state index is 0.0356. The number of aromatic nitrogens is 1. The summed E-state index contributed by atoms with van der Waals surface area (Å²) >= 11 is 1.12. The monoisotopic (exact) mass is 647 g/mol. The lowest BCUT2D eigenvalue weighted by molar-refractivity contribution is -0.121. The fourth-order valence-electron chi connectivity index (χ4n) is 5.51. The molecule has 1 amide bonds. The van der Waals surface area contributed by atoms with Gasteiger partial charge >= 0.3 is 0 Å². The van der Waals surface area contributed by atoms with E-state index in [1.54, 1.807) is 29.6 Å². The van der Waals surface area contributed by atoms with Crippen LogP contribution in [0.15, 0.2) is 35.7 Å². The average molecular weight is 648 g/mol. The van der Waals surface area contributed by atoms with Gasteiger partial charge in [0.25, 0.3) is 0 Å². The summed E-state index contributed by atoms with van der Waals surface area (Å²) in [7, 11) is -7.19. The molecule has 15 heteroatoms. The van der Waals surface area contributed by atoms with E-state index in [4.69, 9.17) is 0 Å². The molecule has 1 aliphatic carbocycles. The number of anilines is 2. The topological polar surface area (TPSA) is 129 Å². The van der Waals surface area contributed by atoms with E-state index in [1.807, 2.05) is 13.0 Å². The van der Waals surface area contributed by atoms with E-state index >= 15 is 0 Å². The lowest BCUT2D eigenvalue weighted by Crippen LogP contribution is -2.51. The number of alkyl halides is 2. The van der Waals surface area contributed by atoms with Crippen LogP contribution in [-0.2, 0) is 31.3 Å². The summed E-state index contributed by atoms with van der Waals surface area (Å²) < 4.78 is 81.0. The van der Waals surface area contributed by atoms with Gasteiger partial charge in [-0.3, -0.25) is 18.7 Å². The molecule has 10 nitrogen and oxygen atoms in total. The maximum atomic E-state index is 13.6. The summed E-state index contributed by atoms with van der Waals surface area (Å²) in [6, 6.07) is 8.75. The van der Waals surface area contributed by atoms with Gasteiger partial charge in [-0.2, -0.15) is 0 Å². The van der Waals surface area contributed by atoms with Gasteiger partial charge in [0.15, 0.2) is 5.13 Å². The molecule has 2 N–H and O–H groups in total. The van der Waals surface area contributed by atoms with E-state index in [0.717, 1.165) is 17.6 Å². The van der Waals surface area contributed by atoms with Crippen molar-refractivity contribution in [1.29, 1.82) is 0 Å². The zero-order valence-corrected chi connectivity index (χ0v) is 26.3. The molecule has 0 unspecified atom stereocenters. The molecule has 2 fully saturated rings. The Morgan fingerprint density at radius 1 is 1.12 bits per heavy atom. The highest BCUT2D eigenvalue weighted by atomic mass is 32.2. The quantitative estimate of drug-likeness (QED) is 0.360. The molecule has 2 aliphatic rings. The normalized spacial score (nSPS) is 19.7. The number of carbonyl (C=O) groups is 1. The first-order chi connectivity index (χ1) is 19.7. The van der Waals surface area contributed by atoms with Gasteiger partial charge in [-0.1, -0.05) is 18.2 Å². The van der Waals surface area contributed by atoms with Crippen LogP contribution in [-0.4, -0.2) is 82.3 Å². The van der Waals surface area contributed by atoms with Crippen LogP contribution in [0.25, 0.3) is 0 Å². The van der Waals surface area contributed by atoms with Crippen molar-refractivity contribution in [2.24, 2.45) is 5.92 Å². The van der Waals surface area contributed by atoms with Gasteiger partial charge in [-0.25, -0.2) is 30.6 Å². The van der Waals surface area contributed by atoms with Crippen molar-refractivity contribution >= 4 is 48.1 Å². The third kappa shape index (κ3) is 9.58. The standard InChI is InChI=1S/C27H39F2N5O5S3/c1-20(17-34(24-6-4-3-5-7-24)42(38,39)19-21-8-12-27(28,29)13-9-21)33-14-10-22(11-15-33)30-25(35)16-23-18-40-26(31-23)32-41(2,36)37/h3-7,18,20-22H,8-17,19H2,1-2H3,(H,30,35)(H,31,32)/t20-/m1/s1. The summed E-state index contributed by atoms with van der Waals surface area (Å²) in [6.07, 6.45) is 2.33. The Morgan fingerprint density at radius 3 is 2.38 bits per heavy atom. The smallest absolute Gasteiger partial charge is 0.248 e. The van der Waals surface area contributed by atoms with Gasteiger partial charge in [0.2, 0.25) is 31.9 Å². The lowest BCUT2D eigenvalue weighted by atomic mass is 9.88. The first-order valence-corrected chi connectivity index (χ1v) is 18.5. The molecule has 0 bridgehead atoms. The van der Waals surface area contributed by atoms with E-state index in [0.29, 0.717) is 37.3 Å². The van der Waals surface area contributed by atoms with Gasteiger partial charge in [0, 0.05) is 49.9 Å². The Kier molecular flexibility index (Phi) is 10.5. The second-order valence-corrected chi connectivity index (χ2v) is 15.9. The lowest BCUT2D eigenvalue weighted by Gasteiger charge is -2.39. The van der Waals surface area contributed by atoms with E-state index < -0.39 is 26.0 Å². The number of amides is 1. The number of thiazole rings is 1. The van der Waals surface area contributed by atoms with Crippen LogP contribution in [0, 0.1) is 5.92 Å². The molecule has 0 radical (unpaired) electrons. The number of para-hydroxylation sites is 1. The van der Waals surface area contributed by atoms with E-state index in [2.05, 4.69) is 19.9 Å². The highest BCUT2D eigenvalue weighted by molar-refractivity contribution is 7.92.